The fraction of sp³-hybridized carbons (Fsp3) is 0.833. The van der Waals surface area contributed by atoms with Crippen molar-refractivity contribution < 1.29 is 5.11 Å². The molecule has 0 radical (unpaired) electrons. The highest BCUT2D eigenvalue weighted by atomic mass is 16.3. The second kappa shape index (κ2) is 5.43. The molecule has 2 rings (SSSR count). The zero-order valence-electron chi connectivity index (χ0n) is 9.97. The first kappa shape index (κ1) is 11.6. The molecule has 4 nitrogen and oxygen atoms in total. The number of rotatable bonds is 3. The Hall–Kier alpha value is -0.900. The number of hydrogen-bond acceptors (Lipinski definition) is 3. The van der Waals surface area contributed by atoms with Crippen LogP contribution in [-0.2, 0) is 13.0 Å². The van der Waals surface area contributed by atoms with Crippen molar-refractivity contribution in [2.45, 2.75) is 58.1 Å². The third kappa shape index (κ3) is 2.61. The van der Waals surface area contributed by atoms with Crippen LogP contribution >= 0.6 is 0 Å². The highest BCUT2D eigenvalue weighted by molar-refractivity contribution is 4.90. The molecule has 2 unspecified atom stereocenters. The van der Waals surface area contributed by atoms with E-state index in [0.717, 1.165) is 38.1 Å². The molecule has 1 fully saturated rings. The molecule has 2 atom stereocenters. The molecule has 1 N–H and O–H groups in total. The van der Waals surface area contributed by atoms with Gasteiger partial charge in [-0.2, -0.15) is 5.10 Å². The zero-order valence-corrected chi connectivity index (χ0v) is 9.97. The van der Waals surface area contributed by atoms with E-state index in [1.807, 2.05) is 4.68 Å². The van der Waals surface area contributed by atoms with Crippen molar-refractivity contribution in [3.63, 3.8) is 0 Å². The van der Waals surface area contributed by atoms with E-state index in [1.54, 1.807) is 6.33 Å². The highest BCUT2D eigenvalue weighted by Gasteiger charge is 2.23. The van der Waals surface area contributed by atoms with E-state index in [2.05, 4.69) is 17.0 Å². The monoisotopic (exact) mass is 223 g/mol. The van der Waals surface area contributed by atoms with Crippen LogP contribution in [0.15, 0.2) is 6.33 Å². The average Bonchev–Trinajstić information content (AvgIpc) is 2.64. The van der Waals surface area contributed by atoms with Crippen molar-refractivity contribution in [1.29, 1.82) is 0 Å². The van der Waals surface area contributed by atoms with Gasteiger partial charge in [-0.05, 0) is 25.7 Å². The Kier molecular flexibility index (Phi) is 3.93. The van der Waals surface area contributed by atoms with Gasteiger partial charge in [-0.15, -0.1) is 0 Å². The summed E-state index contributed by atoms with van der Waals surface area (Å²) in [7, 11) is 0. The normalized spacial score (nSPS) is 26.6. The Morgan fingerprint density at radius 2 is 2.19 bits per heavy atom. The predicted molar refractivity (Wildman–Crippen MR) is 62.0 cm³/mol. The molecule has 0 spiro atoms. The van der Waals surface area contributed by atoms with E-state index in [4.69, 9.17) is 0 Å². The SMILES string of the molecule is CCn1ncnc1CC1CCCCCC1O. The third-order valence-electron chi connectivity index (χ3n) is 3.56. The van der Waals surface area contributed by atoms with E-state index in [1.165, 1.54) is 12.8 Å². The van der Waals surface area contributed by atoms with E-state index < -0.39 is 0 Å². The predicted octanol–water partition coefficient (Wildman–Crippen LogP) is 1.78. The van der Waals surface area contributed by atoms with E-state index >= 15 is 0 Å². The van der Waals surface area contributed by atoms with Crippen molar-refractivity contribution in [3.05, 3.63) is 12.2 Å². The molecule has 90 valence electrons. The molecule has 1 aliphatic rings. The lowest BCUT2D eigenvalue weighted by atomic mass is 9.93. The molecule has 16 heavy (non-hydrogen) atoms. The minimum Gasteiger partial charge on any atom is -0.393 e. The fourth-order valence-corrected chi connectivity index (χ4v) is 2.55. The molecule has 0 amide bonds. The minimum atomic E-state index is -0.149. The van der Waals surface area contributed by atoms with Crippen molar-refractivity contribution in [3.8, 4) is 0 Å². The second-order valence-electron chi connectivity index (χ2n) is 4.66. The van der Waals surface area contributed by atoms with Crippen molar-refractivity contribution in [1.82, 2.24) is 14.8 Å². The summed E-state index contributed by atoms with van der Waals surface area (Å²) >= 11 is 0. The average molecular weight is 223 g/mol. The van der Waals surface area contributed by atoms with Gasteiger partial charge in [0.05, 0.1) is 6.10 Å². The molecule has 0 saturated heterocycles. The maximum absolute atomic E-state index is 10.1. The molecule has 0 bridgehead atoms. The first-order valence-corrected chi connectivity index (χ1v) is 6.36. The van der Waals surface area contributed by atoms with Crippen LogP contribution in [0.3, 0.4) is 0 Å². The number of aliphatic hydroxyl groups excluding tert-OH is 1. The van der Waals surface area contributed by atoms with Gasteiger partial charge in [-0.1, -0.05) is 19.3 Å². The third-order valence-corrected chi connectivity index (χ3v) is 3.56. The van der Waals surface area contributed by atoms with Crippen LogP contribution in [0.25, 0.3) is 0 Å². The number of hydrogen-bond donors (Lipinski definition) is 1. The van der Waals surface area contributed by atoms with Crippen LogP contribution in [0.5, 0.6) is 0 Å². The smallest absolute Gasteiger partial charge is 0.138 e. The molecule has 4 heteroatoms. The van der Waals surface area contributed by atoms with Gasteiger partial charge in [0.15, 0.2) is 0 Å². The number of nitrogens with zero attached hydrogens (tertiary/aromatic N) is 3. The summed E-state index contributed by atoms with van der Waals surface area (Å²) in [6.45, 7) is 2.93. The number of aryl methyl sites for hydroxylation is 1. The van der Waals surface area contributed by atoms with Crippen LogP contribution in [-0.4, -0.2) is 26.0 Å². The first-order valence-electron chi connectivity index (χ1n) is 6.36. The minimum absolute atomic E-state index is 0.149. The summed E-state index contributed by atoms with van der Waals surface area (Å²) in [6, 6.07) is 0. The fourth-order valence-electron chi connectivity index (χ4n) is 2.55. The van der Waals surface area contributed by atoms with Crippen LogP contribution in [0, 0.1) is 5.92 Å². The molecule has 1 saturated carbocycles. The molecular formula is C12H21N3O. The maximum atomic E-state index is 10.1. The van der Waals surface area contributed by atoms with Crippen LogP contribution in [0.1, 0.15) is 44.9 Å². The summed E-state index contributed by atoms with van der Waals surface area (Å²) in [4.78, 5) is 4.29. The van der Waals surface area contributed by atoms with Gasteiger partial charge in [-0.3, -0.25) is 4.68 Å². The van der Waals surface area contributed by atoms with Crippen molar-refractivity contribution >= 4 is 0 Å². The van der Waals surface area contributed by atoms with Crippen LogP contribution in [0.2, 0.25) is 0 Å². The Morgan fingerprint density at radius 3 is 3.00 bits per heavy atom. The quantitative estimate of drug-likeness (QED) is 0.795. The van der Waals surface area contributed by atoms with Gasteiger partial charge in [-0.25, -0.2) is 4.98 Å². The summed E-state index contributed by atoms with van der Waals surface area (Å²) in [5.41, 5.74) is 0. The van der Waals surface area contributed by atoms with Gasteiger partial charge >= 0.3 is 0 Å². The van der Waals surface area contributed by atoms with Gasteiger partial charge in [0.2, 0.25) is 0 Å². The number of aliphatic hydroxyl groups is 1. The summed E-state index contributed by atoms with van der Waals surface area (Å²) in [5.74, 6) is 1.39. The first-order chi connectivity index (χ1) is 7.81. The maximum Gasteiger partial charge on any atom is 0.138 e. The largest absolute Gasteiger partial charge is 0.393 e. The molecule has 0 aliphatic heterocycles. The lowest BCUT2D eigenvalue weighted by Gasteiger charge is -2.19. The van der Waals surface area contributed by atoms with Crippen LogP contribution < -0.4 is 0 Å². The van der Waals surface area contributed by atoms with Gasteiger partial charge in [0.1, 0.15) is 12.2 Å². The molecule has 1 aliphatic carbocycles. The number of aromatic nitrogens is 3. The lowest BCUT2D eigenvalue weighted by molar-refractivity contribution is 0.0989. The Morgan fingerprint density at radius 1 is 1.38 bits per heavy atom. The summed E-state index contributed by atoms with van der Waals surface area (Å²) in [5, 5.41) is 14.2. The highest BCUT2D eigenvalue weighted by Crippen LogP contribution is 2.25. The van der Waals surface area contributed by atoms with Gasteiger partial charge in [0, 0.05) is 13.0 Å². The topological polar surface area (TPSA) is 50.9 Å². The lowest BCUT2D eigenvalue weighted by Crippen LogP contribution is -2.22. The molecule has 0 aromatic carbocycles. The molecular weight excluding hydrogens is 202 g/mol. The van der Waals surface area contributed by atoms with E-state index in [9.17, 15) is 5.11 Å². The van der Waals surface area contributed by atoms with E-state index in [0.29, 0.717) is 5.92 Å². The molecule has 1 aromatic heterocycles. The van der Waals surface area contributed by atoms with Gasteiger partial charge in [0.25, 0.3) is 0 Å². The second-order valence-corrected chi connectivity index (χ2v) is 4.66. The Balaban J connectivity index is 2.01. The molecule has 1 aromatic rings. The standard InChI is InChI=1S/C12H21N3O/c1-2-15-12(13-9-14-15)8-10-6-4-3-5-7-11(10)16/h9-11,16H,2-8H2,1H3. The van der Waals surface area contributed by atoms with E-state index in [-0.39, 0.29) is 6.10 Å². The van der Waals surface area contributed by atoms with Crippen molar-refractivity contribution in [2.24, 2.45) is 5.92 Å². The van der Waals surface area contributed by atoms with Crippen LogP contribution in [0.4, 0.5) is 0 Å². The molecule has 1 heterocycles. The zero-order chi connectivity index (χ0) is 11.4. The Bertz CT molecular complexity index is 324. The summed E-state index contributed by atoms with van der Waals surface area (Å²) in [6.07, 6.45) is 8.07. The summed E-state index contributed by atoms with van der Waals surface area (Å²) < 4.78 is 1.93. The Labute approximate surface area is 96.7 Å². The van der Waals surface area contributed by atoms with Gasteiger partial charge < -0.3 is 5.11 Å². The van der Waals surface area contributed by atoms with Crippen molar-refractivity contribution in [2.75, 3.05) is 0 Å².